The van der Waals surface area contributed by atoms with Crippen LogP contribution in [0.3, 0.4) is 0 Å². The first-order valence-corrected chi connectivity index (χ1v) is 10.5. The van der Waals surface area contributed by atoms with Crippen LogP contribution in [0.4, 0.5) is 0 Å². The van der Waals surface area contributed by atoms with Crippen LogP contribution in [-0.2, 0) is 4.43 Å². The third kappa shape index (κ3) is 4.67. The van der Waals surface area contributed by atoms with Crippen LogP contribution in [-0.4, -0.2) is 26.1 Å². The Hall–Kier alpha value is 0.137. The Morgan fingerprint density at radius 2 is 1.78 bits per heavy atom. The monoisotopic (exact) mass is 272 g/mol. The first kappa shape index (κ1) is 16.2. The molecule has 1 rings (SSSR count). The first-order valence-electron chi connectivity index (χ1n) is 7.56. The maximum absolute atomic E-state index is 9.93. The van der Waals surface area contributed by atoms with Crippen molar-refractivity contribution in [2.75, 3.05) is 6.61 Å². The van der Waals surface area contributed by atoms with Crippen molar-refractivity contribution in [3.8, 4) is 0 Å². The van der Waals surface area contributed by atoms with Crippen molar-refractivity contribution in [3.63, 3.8) is 0 Å². The Morgan fingerprint density at radius 1 is 1.17 bits per heavy atom. The standard InChI is InChI=1S/C15H32O2Si/c1-15(2,3)18(4,5)17-12-8-10-13-9-6-7-11-14(13)16/h13-14,16H,6-12H2,1-5H3/t13-,14-/m1/s1. The summed E-state index contributed by atoms with van der Waals surface area (Å²) in [5.41, 5.74) is 0. The molecule has 0 spiro atoms. The molecule has 0 aliphatic heterocycles. The topological polar surface area (TPSA) is 29.5 Å². The number of aliphatic hydroxyl groups excluding tert-OH is 1. The van der Waals surface area contributed by atoms with Gasteiger partial charge in [-0.1, -0.05) is 33.6 Å². The summed E-state index contributed by atoms with van der Waals surface area (Å²) in [5, 5.41) is 10.2. The molecule has 2 atom stereocenters. The van der Waals surface area contributed by atoms with Gasteiger partial charge in [0.15, 0.2) is 8.32 Å². The van der Waals surface area contributed by atoms with Gasteiger partial charge in [-0.2, -0.15) is 0 Å². The van der Waals surface area contributed by atoms with Crippen molar-refractivity contribution >= 4 is 8.32 Å². The van der Waals surface area contributed by atoms with Crippen LogP contribution in [0.2, 0.25) is 18.1 Å². The Morgan fingerprint density at radius 3 is 2.33 bits per heavy atom. The Kier molecular flexibility index (Phi) is 5.88. The smallest absolute Gasteiger partial charge is 0.191 e. The fourth-order valence-electron chi connectivity index (χ4n) is 2.41. The van der Waals surface area contributed by atoms with Crippen molar-refractivity contribution in [3.05, 3.63) is 0 Å². The average molecular weight is 273 g/mol. The zero-order valence-corrected chi connectivity index (χ0v) is 14.0. The molecule has 0 aromatic heterocycles. The molecule has 1 aliphatic rings. The van der Waals surface area contributed by atoms with Gasteiger partial charge in [0.25, 0.3) is 0 Å². The summed E-state index contributed by atoms with van der Waals surface area (Å²) in [6, 6.07) is 0. The minimum absolute atomic E-state index is 0.0494. The lowest BCUT2D eigenvalue weighted by Gasteiger charge is -2.36. The van der Waals surface area contributed by atoms with Crippen LogP contribution in [0.1, 0.15) is 59.3 Å². The maximum Gasteiger partial charge on any atom is 0.191 e. The van der Waals surface area contributed by atoms with E-state index < -0.39 is 8.32 Å². The van der Waals surface area contributed by atoms with Gasteiger partial charge < -0.3 is 9.53 Å². The molecule has 0 saturated heterocycles. The van der Waals surface area contributed by atoms with E-state index in [-0.39, 0.29) is 6.10 Å². The number of rotatable bonds is 5. The molecule has 0 aromatic rings. The van der Waals surface area contributed by atoms with Gasteiger partial charge in [0, 0.05) is 6.61 Å². The van der Waals surface area contributed by atoms with Gasteiger partial charge >= 0.3 is 0 Å². The molecule has 0 heterocycles. The van der Waals surface area contributed by atoms with Crippen LogP contribution in [0, 0.1) is 5.92 Å². The van der Waals surface area contributed by atoms with Crippen molar-refractivity contribution in [2.45, 2.75) is 83.5 Å². The second kappa shape index (κ2) is 6.53. The van der Waals surface area contributed by atoms with E-state index >= 15 is 0 Å². The van der Waals surface area contributed by atoms with Crippen molar-refractivity contribution in [1.82, 2.24) is 0 Å². The van der Waals surface area contributed by atoms with Crippen molar-refractivity contribution < 1.29 is 9.53 Å². The van der Waals surface area contributed by atoms with Gasteiger partial charge in [0.2, 0.25) is 0 Å². The highest BCUT2D eigenvalue weighted by Gasteiger charge is 2.36. The summed E-state index contributed by atoms with van der Waals surface area (Å²) in [6.45, 7) is 12.3. The zero-order valence-electron chi connectivity index (χ0n) is 13.0. The summed E-state index contributed by atoms with van der Waals surface area (Å²) in [5.74, 6) is 0.529. The van der Waals surface area contributed by atoms with Crippen LogP contribution >= 0.6 is 0 Å². The molecule has 1 fully saturated rings. The third-order valence-corrected chi connectivity index (χ3v) is 9.40. The number of aliphatic hydroxyl groups is 1. The van der Waals surface area contributed by atoms with Crippen molar-refractivity contribution in [2.24, 2.45) is 5.92 Å². The average Bonchev–Trinajstić information content (AvgIpc) is 2.25. The fourth-order valence-corrected chi connectivity index (χ4v) is 3.50. The summed E-state index contributed by atoms with van der Waals surface area (Å²) in [4.78, 5) is 0. The van der Waals surface area contributed by atoms with Gasteiger partial charge in [0.05, 0.1) is 6.10 Å². The Bertz CT molecular complexity index is 245. The Balaban J connectivity index is 2.22. The predicted molar refractivity (Wildman–Crippen MR) is 80.3 cm³/mol. The number of hydrogen-bond donors (Lipinski definition) is 1. The molecule has 0 unspecified atom stereocenters. The van der Waals surface area contributed by atoms with Crippen LogP contribution in [0.5, 0.6) is 0 Å². The van der Waals surface area contributed by atoms with Gasteiger partial charge in [-0.05, 0) is 49.7 Å². The van der Waals surface area contributed by atoms with E-state index in [1.165, 1.54) is 19.3 Å². The summed E-state index contributed by atoms with van der Waals surface area (Å²) < 4.78 is 6.18. The van der Waals surface area contributed by atoms with E-state index in [0.717, 1.165) is 25.9 Å². The Labute approximate surface area is 114 Å². The summed E-state index contributed by atoms with van der Waals surface area (Å²) in [6.07, 6.45) is 6.91. The van der Waals surface area contributed by atoms with E-state index in [0.29, 0.717) is 11.0 Å². The van der Waals surface area contributed by atoms with E-state index in [9.17, 15) is 5.11 Å². The van der Waals surface area contributed by atoms with E-state index in [1.807, 2.05) is 0 Å². The normalized spacial score (nSPS) is 26.3. The largest absolute Gasteiger partial charge is 0.417 e. The summed E-state index contributed by atoms with van der Waals surface area (Å²) in [7, 11) is -1.57. The molecule has 1 N–H and O–H groups in total. The van der Waals surface area contributed by atoms with Crippen molar-refractivity contribution in [1.29, 1.82) is 0 Å². The maximum atomic E-state index is 9.93. The van der Waals surface area contributed by atoms with E-state index in [2.05, 4.69) is 33.9 Å². The van der Waals surface area contributed by atoms with E-state index in [4.69, 9.17) is 4.43 Å². The second-order valence-corrected chi connectivity index (χ2v) is 12.2. The van der Waals surface area contributed by atoms with Gasteiger partial charge in [-0.15, -0.1) is 0 Å². The molecule has 18 heavy (non-hydrogen) atoms. The molecular formula is C15H32O2Si. The predicted octanol–water partition coefficient (Wildman–Crippen LogP) is 4.34. The highest BCUT2D eigenvalue weighted by Crippen LogP contribution is 2.36. The van der Waals surface area contributed by atoms with Gasteiger partial charge in [-0.3, -0.25) is 0 Å². The lowest BCUT2D eigenvalue weighted by molar-refractivity contribution is 0.0617. The molecule has 108 valence electrons. The van der Waals surface area contributed by atoms with Crippen LogP contribution < -0.4 is 0 Å². The highest BCUT2D eigenvalue weighted by molar-refractivity contribution is 6.74. The van der Waals surface area contributed by atoms with Gasteiger partial charge in [-0.25, -0.2) is 0 Å². The lowest BCUT2D eigenvalue weighted by atomic mass is 9.84. The molecule has 0 amide bonds. The van der Waals surface area contributed by atoms with Gasteiger partial charge in [0.1, 0.15) is 0 Å². The molecule has 0 bridgehead atoms. The highest BCUT2D eigenvalue weighted by atomic mass is 28.4. The zero-order chi connectivity index (χ0) is 13.8. The third-order valence-electron chi connectivity index (χ3n) is 4.86. The SMILES string of the molecule is CC(C)(C)[Si](C)(C)OCCC[C@H]1CCCC[C@H]1O. The lowest BCUT2D eigenvalue weighted by Crippen LogP contribution is -2.41. The molecule has 3 heteroatoms. The second-order valence-electron chi connectivity index (χ2n) is 7.36. The van der Waals surface area contributed by atoms with Crippen LogP contribution in [0.25, 0.3) is 0 Å². The molecule has 1 aliphatic carbocycles. The molecule has 0 radical (unpaired) electrons. The van der Waals surface area contributed by atoms with E-state index in [1.54, 1.807) is 0 Å². The number of hydrogen-bond acceptors (Lipinski definition) is 2. The molecule has 2 nitrogen and oxygen atoms in total. The minimum Gasteiger partial charge on any atom is -0.417 e. The summed E-state index contributed by atoms with van der Waals surface area (Å²) >= 11 is 0. The first-order chi connectivity index (χ1) is 8.24. The van der Waals surface area contributed by atoms with Crippen LogP contribution in [0.15, 0.2) is 0 Å². The molecular weight excluding hydrogens is 240 g/mol. The minimum atomic E-state index is -1.57. The molecule has 1 saturated carbocycles. The molecule has 0 aromatic carbocycles. The quantitative estimate of drug-likeness (QED) is 0.596. The fraction of sp³-hybridized carbons (Fsp3) is 1.00.